The van der Waals surface area contributed by atoms with Crippen LogP contribution in [0, 0.1) is 5.92 Å². The Morgan fingerprint density at radius 1 is 1.40 bits per heavy atom. The molecule has 2 aliphatic rings. The summed E-state index contributed by atoms with van der Waals surface area (Å²) in [6.45, 7) is 5.88. The molecule has 1 unspecified atom stereocenters. The maximum Gasteiger partial charge on any atom is 0.325 e. The normalized spacial score (nSPS) is 26.1. The van der Waals surface area contributed by atoms with Gasteiger partial charge in [-0.2, -0.15) is 0 Å². The summed E-state index contributed by atoms with van der Waals surface area (Å²) in [7, 11) is 0. The summed E-state index contributed by atoms with van der Waals surface area (Å²) in [5.74, 6) is -0.802. The third kappa shape index (κ3) is 3.09. The fourth-order valence-corrected chi connectivity index (χ4v) is 2.79. The van der Waals surface area contributed by atoms with Crippen molar-refractivity contribution in [3.63, 3.8) is 0 Å². The lowest BCUT2D eigenvalue weighted by molar-refractivity contribution is -0.138. The van der Waals surface area contributed by atoms with Gasteiger partial charge in [0.25, 0.3) is 5.91 Å². The van der Waals surface area contributed by atoms with Gasteiger partial charge in [-0.25, -0.2) is 4.79 Å². The van der Waals surface area contributed by atoms with E-state index in [-0.39, 0.29) is 24.3 Å². The zero-order valence-corrected chi connectivity index (χ0v) is 11.9. The van der Waals surface area contributed by atoms with Gasteiger partial charge in [0.1, 0.15) is 5.54 Å². The van der Waals surface area contributed by atoms with Crippen LogP contribution in [0.25, 0.3) is 0 Å². The van der Waals surface area contributed by atoms with Crippen molar-refractivity contribution in [2.75, 3.05) is 26.2 Å². The number of carboxylic acid groups (broad SMARTS) is 1. The maximum absolute atomic E-state index is 12.0. The Hall–Kier alpha value is -1.63. The third-order valence-corrected chi connectivity index (χ3v) is 3.92. The summed E-state index contributed by atoms with van der Waals surface area (Å²) in [6.07, 6.45) is 1.05. The average molecular weight is 283 g/mol. The van der Waals surface area contributed by atoms with E-state index in [1.165, 1.54) is 4.90 Å². The molecule has 0 radical (unpaired) electrons. The van der Waals surface area contributed by atoms with Crippen LogP contribution in [0.1, 0.15) is 26.7 Å². The van der Waals surface area contributed by atoms with E-state index >= 15 is 0 Å². The van der Waals surface area contributed by atoms with Crippen LogP contribution in [0.4, 0.5) is 4.79 Å². The average Bonchev–Trinajstić information content (AvgIpc) is 2.81. The Kier molecular flexibility index (Phi) is 3.99. The van der Waals surface area contributed by atoms with Crippen molar-refractivity contribution in [3.8, 4) is 0 Å². The molecular formula is C13H21N3O4. The lowest BCUT2D eigenvalue weighted by atomic mass is 10.1. The van der Waals surface area contributed by atoms with Crippen LogP contribution in [0.2, 0.25) is 0 Å². The number of carbonyl (C=O) groups excluding carboxylic acids is 2. The monoisotopic (exact) mass is 283 g/mol. The van der Waals surface area contributed by atoms with Gasteiger partial charge in [-0.05, 0) is 32.7 Å². The zero-order chi connectivity index (χ0) is 14.9. The number of urea groups is 1. The highest BCUT2D eigenvalue weighted by atomic mass is 16.4. The molecule has 2 saturated heterocycles. The third-order valence-electron chi connectivity index (χ3n) is 3.92. The van der Waals surface area contributed by atoms with E-state index in [0.717, 1.165) is 19.5 Å². The zero-order valence-electron chi connectivity index (χ0n) is 11.9. The van der Waals surface area contributed by atoms with Crippen molar-refractivity contribution in [3.05, 3.63) is 0 Å². The molecule has 7 nitrogen and oxygen atoms in total. The molecule has 2 rings (SSSR count). The van der Waals surface area contributed by atoms with Crippen LogP contribution in [0.5, 0.6) is 0 Å². The molecule has 0 bridgehead atoms. The molecule has 20 heavy (non-hydrogen) atoms. The smallest absolute Gasteiger partial charge is 0.325 e. The van der Waals surface area contributed by atoms with Crippen molar-refractivity contribution in [2.24, 2.45) is 5.92 Å². The van der Waals surface area contributed by atoms with Gasteiger partial charge in [0.15, 0.2) is 0 Å². The van der Waals surface area contributed by atoms with Crippen LogP contribution in [0.15, 0.2) is 0 Å². The molecule has 3 amide bonds. The molecule has 2 fully saturated rings. The fourth-order valence-electron chi connectivity index (χ4n) is 2.79. The van der Waals surface area contributed by atoms with Gasteiger partial charge < -0.3 is 15.3 Å². The van der Waals surface area contributed by atoms with Gasteiger partial charge in [0.05, 0.1) is 0 Å². The molecular weight excluding hydrogens is 262 g/mol. The summed E-state index contributed by atoms with van der Waals surface area (Å²) >= 11 is 0. The van der Waals surface area contributed by atoms with Crippen LogP contribution in [0.3, 0.4) is 0 Å². The number of carboxylic acids is 1. The minimum absolute atomic E-state index is 0.173. The topological polar surface area (TPSA) is 90.0 Å². The van der Waals surface area contributed by atoms with Crippen LogP contribution in [-0.4, -0.2) is 64.5 Å². The summed E-state index contributed by atoms with van der Waals surface area (Å²) in [5.41, 5.74) is -0.825. The molecule has 0 aromatic heterocycles. The van der Waals surface area contributed by atoms with E-state index in [1.54, 1.807) is 13.8 Å². The van der Waals surface area contributed by atoms with E-state index in [9.17, 15) is 14.4 Å². The second-order valence-corrected chi connectivity index (χ2v) is 6.07. The first-order chi connectivity index (χ1) is 9.29. The molecule has 0 aromatic rings. The van der Waals surface area contributed by atoms with Crippen molar-refractivity contribution in [2.45, 2.75) is 32.2 Å². The number of likely N-dealkylation sites (tertiary alicyclic amines) is 1. The molecule has 0 saturated carbocycles. The lowest BCUT2D eigenvalue weighted by Gasteiger charge is -2.20. The number of amides is 3. The summed E-state index contributed by atoms with van der Waals surface area (Å²) < 4.78 is 0. The second kappa shape index (κ2) is 5.40. The number of carbonyl (C=O) groups is 3. The Balaban J connectivity index is 1.81. The van der Waals surface area contributed by atoms with Gasteiger partial charge in [0.2, 0.25) is 0 Å². The number of aliphatic carboxylic acids is 1. The van der Waals surface area contributed by atoms with Crippen LogP contribution >= 0.6 is 0 Å². The Morgan fingerprint density at radius 3 is 2.65 bits per heavy atom. The molecule has 0 aromatic carbocycles. The predicted octanol–water partition coefficient (Wildman–Crippen LogP) is 0.113. The molecule has 2 heterocycles. The first-order valence-electron chi connectivity index (χ1n) is 6.88. The number of nitrogens with one attached hydrogen (secondary N) is 1. The molecule has 112 valence electrons. The Labute approximate surface area is 117 Å². The molecule has 7 heteroatoms. The quantitative estimate of drug-likeness (QED) is 0.699. The molecule has 2 aliphatic heterocycles. The second-order valence-electron chi connectivity index (χ2n) is 6.07. The summed E-state index contributed by atoms with van der Waals surface area (Å²) in [4.78, 5) is 37.7. The van der Waals surface area contributed by atoms with Crippen molar-refractivity contribution in [1.29, 1.82) is 0 Å². The molecule has 0 spiro atoms. The largest absolute Gasteiger partial charge is 0.481 e. The first kappa shape index (κ1) is 14.8. The van der Waals surface area contributed by atoms with E-state index < -0.39 is 11.5 Å². The van der Waals surface area contributed by atoms with Gasteiger partial charge in [-0.3, -0.25) is 14.5 Å². The number of hydrogen-bond donors (Lipinski definition) is 2. The van der Waals surface area contributed by atoms with Gasteiger partial charge >= 0.3 is 12.0 Å². The molecule has 1 atom stereocenters. The minimum atomic E-state index is -0.825. The van der Waals surface area contributed by atoms with Crippen LogP contribution < -0.4 is 5.32 Å². The number of imide groups is 1. The SMILES string of the molecule is CC1(C)NC(=O)N(CCN2CCC(CC(=O)O)C2)C1=O. The minimum Gasteiger partial charge on any atom is -0.481 e. The molecule has 2 N–H and O–H groups in total. The van der Waals surface area contributed by atoms with Gasteiger partial charge in [-0.1, -0.05) is 0 Å². The van der Waals surface area contributed by atoms with Gasteiger partial charge in [0, 0.05) is 26.1 Å². The molecule has 0 aliphatic carbocycles. The summed E-state index contributed by atoms with van der Waals surface area (Å²) in [5, 5.41) is 11.4. The highest BCUT2D eigenvalue weighted by Crippen LogP contribution is 2.20. The van der Waals surface area contributed by atoms with E-state index in [1.807, 2.05) is 0 Å². The number of hydrogen-bond acceptors (Lipinski definition) is 4. The Bertz CT molecular complexity index is 435. The van der Waals surface area contributed by atoms with Crippen molar-refractivity contribution in [1.82, 2.24) is 15.1 Å². The van der Waals surface area contributed by atoms with E-state index in [2.05, 4.69) is 10.2 Å². The lowest BCUT2D eigenvalue weighted by Crippen LogP contribution is -2.41. The highest BCUT2D eigenvalue weighted by molar-refractivity contribution is 6.06. The summed E-state index contributed by atoms with van der Waals surface area (Å²) in [6, 6.07) is -0.346. The van der Waals surface area contributed by atoms with Gasteiger partial charge in [-0.15, -0.1) is 0 Å². The van der Waals surface area contributed by atoms with Crippen molar-refractivity contribution >= 4 is 17.9 Å². The van der Waals surface area contributed by atoms with Crippen LogP contribution in [-0.2, 0) is 9.59 Å². The van der Waals surface area contributed by atoms with E-state index in [0.29, 0.717) is 13.1 Å². The standard InChI is InChI=1S/C13H21N3O4/c1-13(2)11(19)16(12(20)14-13)6-5-15-4-3-9(8-15)7-10(17)18/h9H,3-8H2,1-2H3,(H,14,20)(H,17,18). The van der Waals surface area contributed by atoms with E-state index in [4.69, 9.17) is 5.11 Å². The number of nitrogens with zero attached hydrogens (tertiary/aromatic N) is 2. The predicted molar refractivity (Wildman–Crippen MR) is 71.1 cm³/mol. The fraction of sp³-hybridized carbons (Fsp3) is 0.769. The van der Waals surface area contributed by atoms with Crippen molar-refractivity contribution < 1.29 is 19.5 Å². The number of rotatable bonds is 5. The maximum atomic E-state index is 12.0. The Morgan fingerprint density at radius 2 is 2.10 bits per heavy atom. The highest BCUT2D eigenvalue weighted by Gasteiger charge is 2.44. The first-order valence-corrected chi connectivity index (χ1v) is 6.88.